The van der Waals surface area contributed by atoms with Gasteiger partial charge in [0.1, 0.15) is 0 Å². The standard InChI is InChI=1S/C16H26N2O/c1-11(2)9-16(3,19)10-18-15-7-4-12-8-13(17)5-6-14(12)15/h5-6,8,11,15,18-19H,4,7,9-10,17H2,1-3H3. The third-order valence-electron chi connectivity index (χ3n) is 3.82. The van der Waals surface area contributed by atoms with Crippen molar-refractivity contribution < 1.29 is 5.11 Å². The molecule has 4 N–H and O–H groups in total. The summed E-state index contributed by atoms with van der Waals surface area (Å²) in [5.74, 6) is 0.507. The van der Waals surface area contributed by atoms with Gasteiger partial charge in [-0.2, -0.15) is 0 Å². The van der Waals surface area contributed by atoms with Gasteiger partial charge in [-0.3, -0.25) is 0 Å². The molecule has 2 unspecified atom stereocenters. The molecule has 19 heavy (non-hydrogen) atoms. The van der Waals surface area contributed by atoms with E-state index in [1.807, 2.05) is 13.0 Å². The minimum absolute atomic E-state index is 0.356. The van der Waals surface area contributed by atoms with Gasteiger partial charge in [-0.1, -0.05) is 19.9 Å². The third kappa shape index (κ3) is 3.71. The molecular weight excluding hydrogens is 236 g/mol. The summed E-state index contributed by atoms with van der Waals surface area (Å²) in [5, 5.41) is 13.9. The summed E-state index contributed by atoms with van der Waals surface area (Å²) >= 11 is 0. The van der Waals surface area contributed by atoms with Crippen molar-refractivity contribution in [1.82, 2.24) is 5.32 Å². The lowest BCUT2D eigenvalue weighted by atomic mass is 9.94. The van der Waals surface area contributed by atoms with Gasteiger partial charge in [-0.15, -0.1) is 0 Å². The SMILES string of the molecule is CC(C)CC(C)(O)CNC1CCc2cc(N)ccc21. The fourth-order valence-corrected chi connectivity index (χ4v) is 3.14. The van der Waals surface area contributed by atoms with Crippen molar-refractivity contribution in [2.45, 2.75) is 51.7 Å². The molecule has 1 aliphatic rings. The van der Waals surface area contributed by atoms with E-state index in [0.29, 0.717) is 18.5 Å². The maximum Gasteiger partial charge on any atom is 0.0746 e. The average Bonchev–Trinajstić information content (AvgIpc) is 2.67. The van der Waals surface area contributed by atoms with Crippen molar-refractivity contribution in [3.05, 3.63) is 29.3 Å². The second-order valence-electron chi connectivity index (χ2n) is 6.53. The number of benzene rings is 1. The van der Waals surface area contributed by atoms with Crippen LogP contribution in [0.5, 0.6) is 0 Å². The van der Waals surface area contributed by atoms with E-state index in [0.717, 1.165) is 24.9 Å². The molecule has 2 atom stereocenters. The lowest BCUT2D eigenvalue weighted by Gasteiger charge is -2.27. The molecule has 0 aliphatic heterocycles. The van der Waals surface area contributed by atoms with Crippen molar-refractivity contribution in [2.24, 2.45) is 5.92 Å². The number of anilines is 1. The second-order valence-corrected chi connectivity index (χ2v) is 6.53. The molecule has 0 saturated carbocycles. The molecule has 3 nitrogen and oxygen atoms in total. The number of nitrogen functional groups attached to an aromatic ring is 1. The Balaban J connectivity index is 1.96. The van der Waals surface area contributed by atoms with Gasteiger partial charge in [0.05, 0.1) is 5.60 Å². The largest absolute Gasteiger partial charge is 0.399 e. The number of hydrogen-bond donors (Lipinski definition) is 3. The molecule has 0 amide bonds. The molecule has 0 spiro atoms. The predicted octanol–water partition coefficient (Wildman–Crippen LogP) is 2.64. The maximum absolute atomic E-state index is 10.4. The summed E-state index contributed by atoms with van der Waals surface area (Å²) in [6, 6.07) is 6.51. The maximum atomic E-state index is 10.4. The van der Waals surface area contributed by atoms with E-state index < -0.39 is 5.60 Å². The minimum Gasteiger partial charge on any atom is -0.399 e. The van der Waals surface area contributed by atoms with E-state index >= 15 is 0 Å². The van der Waals surface area contributed by atoms with E-state index in [1.165, 1.54) is 11.1 Å². The molecule has 1 aromatic rings. The van der Waals surface area contributed by atoms with Crippen molar-refractivity contribution in [3.8, 4) is 0 Å². The van der Waals surface area contributed by atoms with Gasteiger partial charge in [0, 0.05) is 18.3 Å². The Morgan fingerprint density at radius 2 is 2.21 bits per heavy atom. The number of aryl methyl sites for hydroxylation is 1. The van der Waals surface area contributed by atoms with Crippen LogP contribution in [0.1, 0.15) is 50.8 Å². The molecule has 1 aliphatic carbocycles. The van der Waals surface area contributed by atoms with Gasteiger partial charge in [-0.25, -0.2) is 0 Å². The zero-order valence-corrected chi connectivity index (χ0v) is 12.2. The van der Waals surface area contributed by atoms with Gasteiger partial charge < -0.3 is 16.2 Å². The van der Waals surface area contributed by atoms with Gasteiger partial charge >= 0.3 is 0 Å². The zero-order chi connectivity index (χ0) is 14.0. The number of nitrogens with one attached hydrogen (secondary N) is 1. The number of aliphatic hydroxyl groups is 1. The smallest absolute Gasteiger partial charge is 0.0746 e. The van der Waals surface area contributed by atoms with Crippen molar-refractivity contribution in [2.75, 3.05) is 12.3 Å². The molecule has 106 valence electrons. The number of nitrogens with two attached hydrogens (primary N) is 1. The Kier molecular flexibility index (Phi) is 4.16. The van der Waals surface area contributed by atoms with Gasteiger partial charge in [0.15, 0.2) is 0 Å². The monoisotopic (exact) mass is 262 g/mol. The summed E-state index contributed by atoms with van der Waals surface area (Å²) in [7, 11) is 0. The second kappa shape index (κ2) is 5.51. The number of hydrogen-bond acceptors (Lipinski definition) is 3. The molecule has 0 fully saturated rings. The van der Waals surface area contributed by atoms with Crippen LogP contribution in [-0.4, -0.2) is 17.3 Å². The first kappa shape index (κ1) is 14.4. The molecule has 2 rings (SSSR count). The summed E-state index contributed by atoms with van der Waals surface area (Å²) in [5.41, 5.74) is 8.71. The van der Waals surface area contributed by atoms with E-state index in [9.17, 15) is 5.11 Å². The molecule has 0 bridgehead atoms. The topological polar surface area (TPSA) is 58.3 Å². The van der Waals surface area contributed by atoms with E-state index in [1.54, 1.807) is 0 Å². The quantitative estimate of drug-likeness (QED) is 0.715. The highest BCUT2D eigenvalue weighted by molar-refractivity contribution is 5.47. The first-order valence-corrected chi connectivity index (χ1v) is 7.21. The molecule has 0 heterocycles. The molecule has 0 aromatic heterocycles. The molecule has 0 saturated heterocycles. The Labute approximate surface area is 116 Å². The highest BCUT2D eigenvalue weighted by atomic mass is 16.3. The van der Waals surface area contributed by atoms with Crippen LogP contribution in [0.3, 0.4) is 0 Å². The summed E-state index contributed by atoms with van der Waals surface area (Å²) < 4.78 is 0. The molecule has 0 radical (unpaired) electrons. The fourth-order valence-electron chi connectivity index (χ4n) is 3.14. The van der Waals surface area contributed by atoms with E-state index in [4.69, 9.17) is 5.73 Å². The lowest BCUT2D eigenvalue weighted by Crippen LogP contribution is -2.40. The summed E-state index contributed by atoms with van der Waals surface area (Å²) in [6.45, 7) is 6.84. The van der Waals surface area contributed by atoms with Crippen LogP contribution >= 0.6 is 0 Å². The molecular formula is C16H26N2O. The van der Waals surface area contributed by atoms with Gasteiger partial charge in [-0.05, 0) is 55.4 Å². The Morgan fingerprint density at radius 3 is 2.89 bits per heavy atom. The Bertz CT molecular complexity index is 440. The predicted molar refractivity (Wildman–Crippen MR) is 80.0 cm³/mol. The zero-order valence-electron chi connectivity index (χ0n) is 12.2. The Hall–Kier alpha value is -1.06. The summed E-state index contributed by atoms with van der Waals surface area (Å²) in [6.07, 6.45) is 2.99. The average molecular weight is 262 g/mol. The van der Waals surface area contributed by atoms with Crippen LogP contribution in [0.4, 0.5) is 5.69 Å². The minimum atomic E-state index is -0.634. The molecule has 1 aromatic carbocycles. The highest BCUT2D eigenvalue weighted by Crippen LogP contribution is 2.32. The number of rotatable bonds is 5. The van der Waals surface area contributed by atoms with Gasteiger partial charge in [0.25, 0.3) is 0 Å². The van der Waals surface area contributed by atoms with Crippen LogP contribution in [0.25, 0.3) is 0 Å². The first-order valence-electron chi connectivity index (χ1n) is 7.21. The lowest BCUT2D eigenvalue weighted by molar-refractivity contribution is 0.0359. The normalized spacial score (nSPS) is 21.4. The van der Waals surface area contributed by atoms with E-state index in [2.05, 4.69) is 31.3 Å². The van der Waals surface area contributed by atoms with Crippen LogP contribution in [0.2, 0.25) is 0 Å². The van der Waals surface area contributed by atoms with E-state index in [-0.39, 0.29) is 0 Å². The van der Waals surface area contributed by atoms with Crippen LogP contribution in [0.15, 0.2) is 18.2 Å². The summed E-state index contributed by atoms with van der Waals surface area (Å²) in [4.78, 5) is 0. The highest BCUT2D eigenvalue weighted by Gasteiger charge is 2.26. The van der Waals surface area contributed by atoms with Crippen molar-refractivity contribution >= 4 is 5.69 Å². The fraction of sp³-hybridized carbons (Fsp3) is 0.625. The first-order chi connectivity index (χ1) is 8.87. The van der Waals surface area contributed by atoms with Crippen molar-refractivity contribution in [1.29, 1.82) is 0 Å². The third-order valence-corrected chi connectivity index (χ3v) is 3.82. The van der Waals surface area contributed by atoms with Crippen LogP contribution in [0, 0.1) is 5.92 Å². The molecule has 3 heteroatoms. The van der Waals surface area contributed by atoms with Crippen molar-refractivity contribution in [3.63, 3.8) is 0 Å². The van der Waals surface area contributed by atoms with Crippen LogP contribution in [-0.2, 0) is 6.42 Å². The number of fused-ring (bicyclic) bond motifs is 1. The van der Waals surface area contributed by atoms with Gasteiger partial charge in [0.2, 0.25) is 0 Å². The Morgan fingerprint density at radius 1 is 1.47 bits per heavy atom. The van der Waals surface area contributed by atoms with Crippen LogP contribution < -0.4 is 11.1 Å².